The van der Waals surface area contributed by atoms with Crippen molar-refractivity contribution in [2.24, 2.45) is 7.05 Å². The van der Waals surface area contributed by atoms with Crippen molar-refractivity contribution in [3.05, 3.63) is 48.2 Å². The van der Waals surface area contributed by atoms with E-state index in [2.05, 4.69) is 20.5 Å². The number of carbonyl (C=O) groups is 1. The van der Waals surface area contributed by atoms with Gasteiger partial charge in [-0.25, -0.2) is 4.98 Å². The number of carbonyl (C=O) groups excluding carboxylic acids is 1. The first-order valence-corrected chi connectivity index (χ1v) is 7.66. The maximum Gasteiger partial charge on any atom is 0.255 e. The Hall–Kier alpha value is -2.38. The van der Waals surface area contributed by atoms with E-state index >= 15 is 0 Å². The Bertz CT molecular complexity index is 857. The predicted molar refractivity (Wildman–Crippen MR) is 93.2 cm³/mol. The van der Waals surface area contributed by atoms with Crippen molar-refractivity contribution in [1.29, 1.82) is 0 Å². The molecule has 0 aliphatic carbocycles. The number of nitrogens with zero attached hydrogens (tertiary/aromatic N) is 4. The molecule has 0 saturated carbocycles. The van der Waals surface area contributed by atoms with E-state index in [1.807, 2.05) is 40.9 Å². The zero-order valence-corrected chi connectivity index (χ0v) is 14.1. The zero-order chi connectivity index (χ0) is 15.8. The Morgan fingerprint density at radius 1 is 1.38 bits per heavy atom. The number of nitrogens with one attached hydrogen (secondary N) is 2. The van der Waals surface area contributed by atoms with Crippen LogP contribution in [0.1, 0.15) is 22.2 Å². The average molecular weight is 347 g/mol. The summed E-state index contributed by atoms with van der Waals surface area (Å²) in [7, 11) is 1.95. The summed E-state index contributed by atoms with van der Waals surface area (Å²) >= 11 is 0. The van der Waals surface area contributed by atoms with E-state index in [0.29, 0.717) is 18.7 Å². The number of halogens is 1. The van der Waals surface area contributed by atoms with Gasteiger partial charge in [-0.1, -0.05) is 6.07 Å². The summed E-state index contributed by atoms with van der Waals surface area (Å²) in [6.07, 6.45) is 5.38. The molecule has 0 spiro atoms. The van der Waals surface area contributed by atoms with Crippen molar-refractivity contribution in [3.8, 4) is 0 Å². The Labute approximate surface area is 145 Å². The fraction of sp³-hybridized carbons (Fsp3) is 0.312. The monoisotopic (exact) mass is 346 g/mol. The first-order valence-electron chi connectivity index (χ1n) is 7.66. The Morgan fingerprint density at radius 2 is 2.25 bits per heavy atom. The van der Waals surface area contributed by atoms with Gasteiger partial charge in [-0.2, -0.15) is 5.10 Å². The molecule has 3 heterocycles. The normalized spacial score (nSPS) is 17.7. The average Bonchev–Trinajstić information content (AvgIpc) is 3.22. The third-order valence-corrected chi connectivity index (χ3v) is 4.38. The van der Waals surface area contributed by atoms with E-state index in [9.17, 15) is 4.79 Å². The lowest BCUT2D eigenvalue weighted by molar-refractivity contribution is 0.0623. The molecule has 3 aromatic rings. The highest BCUT2D eigenvalue weighted by atomic mass is 35.5. The highest BCUT2D eigenvalue weighted by molar-refractivity contribution is 6.06. The highest BCUT2D eigenvalue weighted by Gasteiger charge is 2.31. The smallest absolute Gasteiger partial charge is 0.255 e. The van der Waals surface area contributed by atoms with Crippen LogP contribution in [0, 0.1) is 0 Å². The number of fused-ring (bicyclic) bond motifs is 1. The molecule has 4 rings (SSSR count). The van der Waals surface area contributed by atoms with E-state index in [0.717, 1.165) is 23.3 Å². The van der Waals surface area contributed by atoms with Crippen molar-refractivity contribution in [2.75, 3.05) is 19.6 Å². The van der Waals surface area contributed by atoms with Crippen LogP contribution < -0.4 is 5.32 Å². The molecule has 1 atom stereocenters. The molecule has 1 aliphatic rings. The largest absolute Gasteiger partial charge is 0.336 e. The minimum absolute atomic E-state index is 0. The second-order valence-corrected chi connectivity index (χ2v) is 5.75. The molecular weight excluding hydrogens is 328 g/mol. The van der Waals surface area contributed by atoms with Crippen molar-refractivity contribution in [3.63, 3.8) is 0 Å². The minimum Gasteiger partial charge on any atom is -0.336 e. The lowest BCUT2D eigenvalue weighted by atomic mass is 10.1. The van der Waals surface area contributed by atoms with E-state index < -0.39 is 0 Å². The Balaban J connectivity index is 0.00000169. The molecule has 126 valence electrons. The number of H-pyrrole nitrogens is 1. The number of aryl methyl sites for hydroxylation is 1. The standard InChI is InChI=1S/C16H18N6O.ClH/c1-21-7-6-18-15(21)14-10-17-5-8-22(14)16(23)11-3-2-4-13-12(11)9-19-20-13;/h2-4,6-7,9,14,17H,5,8,10H2,1H3,(H,19,20);1H. The van der Waals surface area contributed by atoms with Gasteiger partial charge >= 0.3 is 0 Å². The van der Waals surface area contributed by atoms with E-state index in [-0.39, 0.29) is 24.4 Å². The number of hydrogen-bond donors (Lipinski definition) is 2. The minimum atomic E-state index is -0.0709. The van der Waals surface area contributed by atoms with Gasteiger partial charge in [0.05, 0.1) is 17.3 Å². The maximum atomic E-state index is 13.1. The number of hydrogen-bond acceptors (Lipinski definition) is 4. The number of aromatic amines is 1. The maximum absolute atomic E-state index is 13.1. The molecule has 2 aromatic heterocycles. The van der Waals surface area contributed by atoms with Crippen molar-refractivity contribution >= 4 is 29.2 Å². The van der Waals surface area contributed by atoms with Gasteiger partial charge in [-0.05, 0) is 12.1 Å². The molecule has 0 bridgehead atoms. The number of aromatic nitrogens is 4. The van der Waals surface area contributed by atoms with E-state index in [1.54, 1.807) is 12.4 Å². The molecule has 24 heavy (non-hydrogen) atoms. The summed E-state index contributed by atoms with van der Waals surface area (Å²) in [6.45, 7) is 2.15. The van der Waals surface area contributed by atoms with Crippen molar-refractivity contribution in [1.82, 2.24) is 30.0 Å². The number of piperazine rings is 1. The van der Waals surface area contributed by atoms with Crippen LogP contribution in [-0.2, 0) is 7.05 Å². The van der Waals surface area contributed by atoms with Crippen LogP contribution in [0.25, 0.3) is 10.9 Å². The molecule has 1 aliphatic heterocycles. The van der Waals surface area contributed by atoms with Gasteiger partial charge in [-0.15, -0.1) is 12.4 Å². The van der Waals surface area contributed by atoms with Crippen LogP contribution in [0.15, 0.2) is 36.8 Å². The van der Waals surface area contributed by atoms with Crippen molar-refractivity contribution in [2.45, 2.75) is 6.04 Å². The third-order valence-electron chi connectivity index (χ3n) is 4.38. The number of amides is 1. The number of imidazole rings is 1. The quantitative estimate of drug-likeness (QED) is 0.737. The molecule has 0 radical (unpaired) electrons. The van der Waals surface area contributed by atoms with Crippen molar-refractivity contribution < 1.29 is 4.79 Å². The topological polar surface area (TPSA) is 78.8 Å². The Morgan fingerprint density at radius 3 is 3.04 bits per heavy atom. The van der Waals surface area contributed by atoms with Crippen LogP contribution in [-0.4, -0.2) is 50.2 Å². The summed E-state index contributed by atoms with van der Waals surface area (Å²) in [5.41, 5.74) is 1.55. The zero-order valence-electron chi connectivity index (χ0n) is 13.3. The van der Waals surface area contributed by atoms with Gasteiger partial charge in [0.25, 0.3) is 5.91 Å². The van der Waals surface area contributed by atoms with Gasteiger partial charge in [0, 0.05) is 44.5 Å². The van der Waals surface area contributed by atoms with Gasteiger partial charge in [-0.3, -0.25) is 9.89 Å². The Kier molecular flexibility index (Phi) is 4.55. The van der Waals surface area contributed by atoms with Crippen LogP contribution in [0.4, 0.5) is 0 Å². The van der Waals surface area contributed by atoms with Crippen LogP contribution in [0.2, 0.25) is 0 Å². The summed E-state index contributed by atoms with van der Waals surface area (Å²) in [5, 5.41) is 11.2. The molecule has 2 N–H and O–H groups in total. The SMILES string of the molecule is Cl.Cn1ccnc1C1CNCCN1C(=O)c1cccc2[nH]ncc12. The second-order valence-electron chi connectivity index (χ2n) is 5.75. The molecule has 1 fully saturated rings. The number of rotatable bonds is 2. The van der Waals surface area contributed by atoms with Gasteiger partial charge in [0.1, 0.15) is 11.9 Å². The van der Waals surface area contributed by atoms with Gasteiger partial charge < -0.3 is 14.8 Å². The van der Waals surface area contributed by atoms with Crippen LogP contribution >= 0.6 is 12.4 Å². The summed E-state index contributed by atoms with van der Waals surface area (Å²) in [6, 6.07) is 5.59. The van der Waals surface area contributed by atoms with E-state index in [4.69, 9.17) is 0 Å². The fourth-order valence-electron chi connectivity index (χ4n) is 3.19. The van der Waals surface area contributed by atoms with Gasteiger partial charge in [0.15, 0.2) is 0 Å². The van der Waals surface area contributed by atoms with Crippen LogP contribution in [0.3, 0.4) is 0 Å². The molecule has 1 unspecified atom stereocenters. The molecule has 8 heteroatoms. The van der Waals surface area contributed by atoms with Crippen LogP contribution in [0.5, 0.6) is 0 Å². The number of benzene rings is 1. The highest BCUT2D eigenvalue weighted by Crippen LogP contribution is 2.25. The lowest BCUT2D eigenvalue weighted by Crippen LogP contribution is -2.49. The predicted octanol–water partition coefficient (Wildman–Crippen LogP) is 1.50. The first kappa shape index (κ1) is 16.5. The fourth-order valence-corrected chi connectivity index (χ4v) is 3.19. The first-order chi connectivity index (χ1) is 11.3. The molecule has 7 nitrogen and oxygen atoms in total. The van der Waals surface area contributed by atoms with Gasteiger partial charge in [0.2, 0.25) is 0 Å². The second kappa shape index (κ2) is 6.62. The molecule has 1 saturated heterocycles. The summed E-state index contributed by atoms with van der Waals surface area (Å²) < 4.78 is 1.97. The summed E-state index contributed by atoms with van der Waals surface area (Å²) in [5.74, 6) is 0.913. The summed E-state index contributed by atoms with van der Waals surface area (Å²) in [4.78, 5) is 19.5. The molecular formula is C16H19ClN6O. The third kappa shape index (κ3) is 2.65. The molecule has 1 amide bonds. The lowest BCUT2D eigenvalue weighted by Gasteiger charge is -2.35. The molecule has 1 aromatic carbocycles. The van der Waals surface area contributed by atoms with E-state index in [1.165, 1.54) is 0 Å².